The maximum Gasteiger partial charge on any atom is 0.313 e. The molecule has 2 fully saturated rings. The molecule has 1 aliphatic carbocycles. The highest BCUT2D eigenvalue weighted by molar-refractivity contribution is 6.31. The number of nitrogens with zero attached hydrogens (tertiary/aromatic N) is 3. The number of likely N-dealkylation sites (N-methyl/N-ethyl adjacent to an activating group) is 1. The van der Waals surface area contributed by atoms with E-state index in [1.165, 1.54) is 11.6 Å². The van der Waals surface area contributed by atoms with Crippen molar-refractivity contribution in [3.8, 4) is 5.75 Å². The van der Waals surface area contributed by atoms with Gasteiger partial charge in [0.25, 0.3) is 0 Å². The second-order valence-electron chi connectivity index (χ2n) is 7.28. The molecule has 2 heterocycles. The second-order valence-corrected chi connectivity index (χ2v) is 7.72. The van der Waals surface area contributed by atoms with Crippen molar-refractivity contribution < 1.29 is 9.66 Å². The van der Waals surface area contributed by atoms with Gasteiger partial charge < -0.3 is 9.64 Å². The molecule has 3 aliphatic rings. The first-order chi connectivity index (χ1) is 12.5. The highest BCUT2D eigenvalue weighted by Gasteiger charge is 2.48. The Kier molecular flexibility index (Phi) is 4.67. The molecule has 1 unspecified atom stereocenters. The number of hydrogen-bond donors (Lipinski definition) is 0. The number of nitro groups is 1. The highest BCUT2D eigenvalue weighted by atomic mass is 35.5. The lowest BCUT2D eigenvalue weighted by atomic mass is 9.81. The van der Waals surface area contributed by atoms with Crippen LogP contribution in [0, 0.1) is 10.1 Å². The van der Waals surface area contributed by atoms with Crippen LogP contribution in [0.15, 0.2) is 17.7 Å². The Morgan fingerprint density at radius 2 is 2.04 bits per heavy atom. The van der Waals surface area contributed by atoms with Gasteiger partial charge in [-0.05, 0) is 43.5 Å². The molecule has 0 amide bonds. The molecule has 1 saturated carbocycles. The van der Waals surface area contributed by atoms with Crippen molar-refractivity contribution in [1.82, 2.24) is 9.80 Å². The van der Waals surface area contributed by atoms with E-state index in [9.17, 15) is 10.1 Å². The summed E-state index contributed by atoms with van der Waals surface area (Å²) in [6.45, 7) is 7.08. The fourth-order valence-corrected chi connectivity index (χ4v) is 4.72. The van der Waals surface area contributed by atoms with Crippen molar-refractivity contribution in [3.63, 3.8) is 0 Å². The molecule has 0 aromatic heterocycles. The molecule has 0 radical (unpaired) electrons. The molecular weight excluding hydrogens is 354 g/mol. The lowest BCUT2D eigenvalue weighted by Crippen LogP contribution is -2.62. The molecule has 1 atom stereocenters. The molecule has 1 aromatic carbocycles. The first-order valence-electron chi connectivity index (χ1n) is 9.39. The number of benzene rings is 1. The summed E-state index contributed by atoms with van der Waals surface area (Å²) in [5.74, 6) is 0.364. The second kappa shape index (κ2) is 6.83. The van der Waals surface area contributed by atoms with Crippen LogP contribution in [0.5, 0.6) is 5.75 Å². The van der Waals surface area contributed by atoms with Crippen molar-refractivity contribution in [2.24, 2.45) is 0 Å². The molecule has 0 bridgehead atoms. The van der Waals surface area contributed by atoms with Crippen molar-refractivity contribution in [3.05, 3.63) is 38.4 Å². The van der Waals surface area contributed by atoms with Crippen LogP contribution >= 0.6 is 11.6 Å². The summed E-state index contributed by atoms with van der Waals surface area (Å²) in [5.41, 5.74) is 1.38. The largest absolute Gasteiger partial charge is 0.461 e. The molecule has 2 aliphatic heterocycles. The predicted molar refractivity (Wildman–Crippen MR) is 102 cm³/mol. The van der Waals surface area contributed by atoms with Gasteiger partial charge >= 0.3 is 5.69 Å². The van der Waals surface area contributed by atoms with E-state index in [0.29, 0.717) is 10.8 Å². The first-order valence-corrected chi connectivity index (χ1v) is 9.76. The summed E-state index contributed by atoms with van der Waals surface area (Å²) in [5, 5.41) is 11.9. The van der Waals surface area contributed by atoms with E-state index in [0.717, 1.165) is 64.0 Å². The highest BCUT2D eigenvalue weighted by Crippen LogP contribution is 2.49. The van der Waals surface area contributed by atoms with E-state index in [1.807, 2.05) is 0 Å². The minimum absolute atomic E-state index is 0.0417. The molecule has 0 N–H and O–H groups in total. The number of ether oxygens (including phenoxy) is 1. The van der Waals surface area contributed by atoms with E-state index in [4.69, 9.17) is 16.3 Å². The summed E-state index contributed by atoms with van der Waals surface area (Å²) in [7, 11) is 0. The standard InChI is InChI=1S/C19H24ClN3O3/c1-2-21-7-9-22(10-8-21)19-6-4-3-5-15(19)11-14-12-16(20)13-17(23(24)25)18(14)26-19/h11-13H,2-10H2,1H3. The molecule has 1 saturated heterocycles. The molecule has 6 nitrogen and oxygen atoms in total. The Bertz CT molecular complexity index is 759. The van der Waals surface area contributed by atoms with Crippen molar-refractivity contribution in [1.29, 1.82) is 0 Å². The zero-order valence-corrected chi connectivity index (χ0v) is 15.8. The Hall–Kier alpha value is -1.63. The lowest BCUT2D eigenvalue weighted by molar-refractivity contribution is -0.386. The maximum atomic E-state index is 11.6. The molecule has 4 rings (SSSR count). The van der Waals surface area contributed by atoms with Crippen LogP contribution in [-0.4, -0.2) is 53.2 Å². The van der Waals surface area contributed by atoms with Crippen LogP contribution in [0.3, 0.4) is 0 Å². The molecule has 7 heteroatoms. The Morgan fingerprint density at radius 3 is 2.73 bits per heavy atom. The SMILES string of the molecule is CCN1CCN(C23CCCCC2=Cc2cc(Cl)cc([N+](=O)[O-])c2O3)CC1. The molecule has 140 valence electrons. The van der Waals surface area contributed by atoms with Gasteiger partial charge in [-0.25, -0.2) is 0 Å². The minimum Gasteiger partial charge on any atom is -0.461 e. The molecule has 26 heavy (non-hydrogen) atoms. The first kappa shape index (κ1) is 17.8. The average molecular weight is 378 g/mol. The van der Waals surface area contributed by atoms with E-state index < -0.39 is 10.6 Å². The van der Waals surface area contributed by atoms with E-state index in [2.05, 4.69) is 22.8 Å². The third kappa shape index (κ3) is 2.90. The van der Waals surface area contributed by atoms with E-state index >= 15 is 0 Å². The van der Waals surface area contributed by atoms with Gasteiger partial charge in [0.15, 0.2) is 5.72 Å². The smallest absolute Gasteiger partial charge is 0.313 e. The lowest BCUT2D eigenvalue weighted by Gasteiger charge is -2.51. The normalized spacial score (nSPS) is 26.5. The molecular formula is C19H24ClN3O3. The van der Waals surface area contributed by atoms with Gasteiger partial charge in [0.1, 0.15) is 0 Å². The Morgan fingerprint density at radius 1 is 1.27 bits per heavy atom. The summed E-state index contributed by atoms with van der Waals surface area (Å²) in [4.78, 5) is 16.0. The zero-order chi connectivity index (χ0) is 18.3. The number of rotatable bonds is 3. The van der Waals surface area contributed by atoms with Gasteiger partial charge in [-0.1, -0.05) is 18.5 Å². The van der Waals surface area contributed by atoms with Crippen LogP contribution in [0.2, 0.25) is 5.02 Å². The van der Waals surface area contributed by atoms with Crippen molar-refractivity contribution >= 4 is 23.4 Å². The molecule has 1 aromatic rings. The Balaban J connectivity index is 1.76. The van der Waals surface area contributed by atoms with Crippen LogP contribution in [0.25, 0.3) is 6.08 Å². The topological polar surface area (TPSA) is 58.9 Å². The number of piperazine rings is 1. The number of nitro benzene ring substituents is 1. The fourth-order valence-electron chi connectivity index (χ4n) is 4.50. The van der Waals surface area contributed by atoms with E-state index in [-0.39, 0.29) is 5.69 Å². The van der Waals surface area contributed by atoms with Crippen LogP contribution in [-0.2, 0) is 0 Å². The number of hydrogen-bond acceptors (Lipinski definition) is 5. The fraction of sp³-hybridized carbons (Fsp3) is 0.579. The predicted octanol–water partition coefficient (Wildman–Crippen LogP) is 3.93. The van der Waals surface area contributed by atoms with Crippen LogP contribution < -0.4 is 4.74 Å². The monoisotopic (exact) mass is 377 g/mol. The summed E-state index contributed by atoms with van der Waals surface area (Å²) >= 11 is 6.11. The zero-order valence-electron chi connectivity index (χ0n) is 15.0. The van der Waals surface area contributed by atoms with Gasteiger partial charge in [-0.15, -0.1) is 0 Å². The third-order valence-electron chi connectivity index (χ3n) is 5.90. The van der Waals surface area contributed by atoms with Crippen molar-refractivity contribution in [2.75, 3.05) is 32.7 Å². The quantitative estimate of drug-likeness (QED) is 0.590. The summed E-state index contributed by atoms with van der Waals surface area (Å²) < 4.78 is 6.52. The van der Waals surface area contributed by atoms with Gasteiger partial charge in [0.2, 0.25) is 5.75 Å². The third-order valence-corrected chi connectivity index (χ3v) is 6.12. The van der Waals surface area contributed by atoms with E-state index in [1.54, 1.807) is 6.07 Å². The van der Waals surface area contributed by atoms with Gasteiger partial charge in [0.05, 0.1) is 4.92 Å². The number of fused-ring (bicyclic) bond motifs is 2. The van der Waals surface area contributed by atoms with Gasteiger partial charge in [0, 0.05) is 49.3 Å². The summed E-state index contributed by atoms with van der Waals surface area (Å²) in [6.07, 6.45) is 6.13. The van der Waals surface area contributed by atoms with Gasteiger partial charge in [-0.2, -0.15) is 0 Å². The number of halogens is 1. The summed E-state index contributed by atoms with van der Waals surface area (Å²) in [6, 6.07) is 3.16. The van der Waals surface area contributed by atoms with Crippen molar-refractivity contribution in [2.45, 2.75) is 38.3 Å². The molecule has 0 spiro atoms. The van der Waals surface area contributed by atoms with Gasteiger partial charge in [-0.3, -0.25) is 15.0 Å². The van der Waals surface area contributed by atoms with Crippen LogP contribution in [0.4, 0.5) is 5.69 Å². The minimum atomic E-state index is -0.538. The average Bonchev–Trinajstić information content (AvgIpc) is 2.65. The van der Waals surface area contributed by atoms with Crippen LogP contribution in [0.1, 0.15) is 38.2 Å². The Labute approximate surface area is 158 Å². The maximum absolute atomic E-state index is 11.6.